The Labute approximate surface area is 132 Å². The molecule has 1 atom stereocenters. The number of benzene rings is 1. The van der Waals surface area contributed by atoms with Crippen LogP contribution in [0.5, 0.6) is 0 Å². The molecule has 0 aliphatic carbocycles. The van der Waals surface area contributed by atoms with Crippen molar-refractivity contribution >= 4 is 46.1 Å². The highest BCUT2D eigenvalue weighted by molar-refractivity contribution is 7.16. The molecule has 1 nitrogen and oxygen atoms in total. The number of halogens is 3. The van der Waals surface area contributed by atoms with Gasteiger partial charge in [0.05, 0.1) is 4.34 Å². The molecule has 0 aliphatic rings. The number of rotatable bonds is 5. The van der Waals surface area contributed by atoms with E-state index in [1.165, 1.54) is 4.88 Å². The predicted molar refractivity (Wildman–Crippen MR) is 85.9 cm³/mol. The van der Waals surface area contributed by atoms with Crippen LogP contribution in [0.4, 0.5) is 0 Å². The van der Waals surface area contributed by atoms with Gasteiger partial charge in [0.2, 0.25) is 0 Å². The molecule has 0 spiro atoms. The van der Waals surface area contributed by atoms with Gasteiger partial charge in [0, 0.05) is 27.4 Å². The molecule has 1 N–H and O–H groups in total. The lowest BCUT2D eigenvalue weighted by Gasteiger charge is -2.19. The Hall–Kier alpha value is -0.250. The molecule has 0 fully saturated rings. The zero-order valence-electron chi connectivity index (χ0n) is 10.4. The van der Waals surface area contributed by atoms with Crippen LogP contribution in [-0.4, -0.2) is 6.54 Å². The average molecular weight is 335 g/mol. The van der Waals surface area contributed by atoms with Crippen molar-refractivity contribution in [3.63, 3.8) is 0 Å². The molecular weight excluding hydrogens is 321 g/mol. The van der Waals surface area contributed by atoms with E-state index in [-0.39, 0.29) is 6.04 Å². The lowest BCUT2D eigenvalue weighted by Crippen LogP contribution is -2.23. The van der Waals surface area contributed by atoms with E-state index >= 15 is 0 Å². The molecule has 2 rings (SSSR count). The van der Waals surface area contributed by atoms with E-state index in [4.69, 9.17) is 34.8 Å². The van der Waals surface area contributed by atoms with Crippen LogP contribution < -0.4 is 5.32 Å². The molecule has 0 saturated carbocycles. The standard InChI is InChI=1S/C14H14Cl3NS/c1-2-18-13(8-10-4-6-14(17)19-10)11-7-9(15)3-5-12(11)16/h3-7,13,18H,2,8H2,1H3. The maximum atomic E-state index is 6.28. The van der Waals surface area contributed by atoms with E-state index in [1.54, 1.807) is 17.4 Å². The van der Waals surface area contributed by atoms with Gasteiger partial charge in [-0.05, 0) is 42.4 Å². The first kappa shape index (κ1) is 15.1. The van der Waals surface area contributed by atoms with Crippen molar-refractivity contribution in [2.75, 3.05) is 6.54 Å². The third-order valence-electron chi connectivity index (χ3n) is 2.82. The summed E-state index contributed by atoms with van der Waals surface area (Å²) in [5.41, 5.74) is 1.03. The van der Waals surface area contributed by atoms with Gasteiger partial charge in [-0.3, -0.25) is 0 Å². The largest absolute Gasteiger partial charge is 0.310 e. The number of hydrogen-bond acceptors (Lipinski definition) is 2. The highest BCUT2D eigenvalue weighted by atomic mass is 35.5. The molecule has 1 aromatic heterocycles. The van der Waals surface area contributed by atoms with Gasteiger partial charge in [-0.2, -0.15) is 0 Å². The molecule has 0 bridgehead atoms. The molecule has 102 valence electrons. The van der Waals surface area contributed by atoms with Crippen LogP contribution in [0.3, 0.4) is 0 Å². The number of thiophene rings is 1. The van der Waals surface area contributed by atoms with E-state index in [0.717, 1.165) is 27.9 Å². The molecule has 0 amide bonds. The Morgan fingerprint density at radius 3 is 2.58 bits per heavy atom. The minimum Gasteiger partial charge on any atom is -0.310 e. The van der Waals surface area contributed by atoms with Crippen LogP contribution in [0, 0.1) is 0 Å². The molecule has 0 radical (unpaired) electrons. The number of likely N-dealkylation sites (N-methyl/N-ethyl adjacent to an activating group) is 1. The van der Waals surface area contributed by atoms with E-state index < -0.39 is 0 Å². The summed E-state index contributed by atoms with van der Waals surface area (Å²) >= 11 is 19.9. The molecular formula is C14H14Cl3NS. The Balaban J connectivity index is 2.26. The van der Waals surface area contributed by atoms with Crippen molar-refractivity contribution in [1.29, 1.82) is 0 Å². The molecule has 1 unspecified atom stereocenters. The average Bonchev–Trinajstić information content (AvgIpc) is 2.77. The smallest absolute Gasteiger partial charge is 0.0931 e. The van der Waals surface area contributed by atoms with E-state index in [1.807, 2.05) is 18.2 Å². The Morgan fingerprint density at radius 2 is 1.95 bits per heavy atom. The summed E-state index contributed by atoms with van der Waals surface area (Å²) in [4.78, 5) is 1.23. The van der Waals surface area contributed by atoms with Crippen LogP contribution in [0.2, 0.25) is 14.4 Å². The topological polar surface area (TPSA) is 12.0 Å². The van der Waals surface area contributed by atoms with Crippen molar-refractivity contribution in [2.24, 2.45) is 0 Å². The van der Waals surface area contributed by atoms with Crippen molar-refractivity contribution in [2.45, 2.75) is 19.4 Å². The minimum absolute atomic E-state index is 0.144. The summed E-state index contributed by atoms with van der Waals surface area (Å²) in [7, 11) is 0. The first-order valence-electron chi connectivity index (χ1n) is 6.02. The van der Waals surface area contributed by atoms with Crippen molar-refractivity contribution in [3.05, 3.63) is 55.2 Å². The minimum atomic E-state index is 0.144. The van der Waals surface area contributed by atoms with E-state index in [9.17, 15) is 0 Å². The lowest BCUT2D eigenvalue weighted by atomic mass is 10.0. The summed E-state index contributed by atoms with van der Waals surface area (Å²) in [5, 5.41) is 4.88. The zero-order chi connectivity index (χ0) is 13.8. The van der Waals surface area contributed by atoms with Crippen LogP contribution in [-0.2, 0) is 6.42 Å². The van der Waals surface area contributed by atoms with Gasteiger partial charge in [0.1, 0.15) is 0 Å². The molecule has 1 aromatic carbocycles. The van der Waals surface area contributed by atoms with Crippen LogP contribution in [0.15, 0.2) is 30.3 Å². The third kappa shape index (κ3) is 4.11. The second-order valence-electron chi connectivity index (χ2n) is 4.19. The molecule has 0 saturated heterocycles. The first-order valence-corrected chi connectivity index (χ1v) is 7.97. The van der Waals surface area contributed by atoms with Gasteiger partial charge in [0.15, 0.2) is 0 Å². The fraction of sp³-hybridized carbons (Fsp3) is 0.286. The highest BCUT2D eigenvalue weighted by Crippen LogP contribution is 2.31. The van der Waals surface area contributed by atoms with Crippen molar-refractivity contribution < 1.29 is 0 Å². The van der Waals surface area contributed by atoms with Gasteiger partial charge >= 0.3 is 0 Å². The highest BCUT2D eigenvalue weighted by Gasteiger charge is 2.16. The maximum Gasteiger partial charge on any atom is 0.0931 e. The van der Waals surface area contributed by atoms with Gasteiger partial charge in [-0.1, -0.05) is 41.7 Å². The maximum absolute atomic E-state index is 6.28. The van der Waals surface area contributed by atoms with Crippen LogP contribution in [0.25, 0.3) is 0 Å². The molecule has 1 heterocycles. The molecule has 19 heavy (non-hydrogen) atoms. The summed E-state index contributed by atoms with van der Waals surface area (Å²) in [6.45, 7) is 2.94. The first-order chi connectivity index (χ1) is 9.10. The predicted octanol–water partition coefficient (Wildman–Crippen LogP) is 5.60. The van der Waals surface area contributed by atoms with Crippen LogP contribution >= 0.6 is 46.1 Å². The van der Waals surface area contributed by atoms with Gasteiger partial charge in [-0.25, -0.2) is 0 Å². The fourth-order valence-corrected chi connectivity index (χ4v) is 3.55. The van der Waals surface area contributed by atoms with Crippen LogP contribution in [0.1, 0.15) is 23.4 Å². The zero-order valence-corrected chi connectivity index (χ0v) is 13.5. The van der Waals surface area contributed by atoms with Gasteiger partial charge in [-0.15, -0.1) is 11.3 Å². The van der Waals surface area contributed by atoms with Gasteiger partial charge in [0.25, 0.3) is 0 Å². The summed E-state index contributed by atoms with van der Waals surface area (Å²) in [6.07, 6.45) is 0.852. The second kappa shape index (κ2) is 6.96. The molecule has 0 aliphatic heterocycles. The van der Waals surface area contributed by atoms with Gasteiger partial charge < -0.3 is 5.32 Å². The Kier molecular flexibility index (Phi) is 5.55. The fourth-order valence-electron chi connectivity index (χ4n) is 1.98. The second-order valence-corrected chi connectivity index (χ2v) is 6.83. The third-order valence-corrected chi connectivity index (χ3v) is 4.65. The summed E-state index contributed by atoms with van der Waals surface area (Å²) in [5.74, 6) is 0. The Bertz CT molecular complexity index is 553. The van der Waals surface area contributed by atoms with E-state index in [2.05, 4.69) is 18.3 Å². The number of nitrogens with one attached hydrogen (secondary N) is 1. The molecule has 5 heteroatoms. The SMILES string of the molecule is CCNC(Cc1ccc(Cl)s1)c1cc(Cl)ccc1Cl. The normalized spacial score (nSPS) is 12.6. The quantitative estimate of drug-likeness (QED) is 0.750. The van der Waals surface area contributed by atoms with E-state index in [0.29, 0.717) is 5.02 Å². The Morgan fingerprint density at radius 1 is 1.16 bits per heavy atom. The molecule has 2 aromatic rings. The summed E-state index contributed by atoms with van der Waals surface area (Å²) in [6, 6.07) is 9.68. The lowest BCUT2D eigenvalue weighted by molar-refractivity contribution is 0.553. The number of hydrogen-bond donors (Lipinski definition) is 1. The monoisotopic (exact) mass is 333 g/mol. The van der Waals surface area contributed by atoms with Crippen molar-refractivity contribution in [1.82, 2.24) is 5.32 Å². The summed E-state index contributed by atoms with van der Waals surface area (Å²) < 4.78 is 0.808. The van der Waals surface area contributed by atoms with Crippen molar-refractivity contribution in [3.8, 4) is 0 Å².